The van der Waals surface area contributed by atoms with E-state index < -0.39 is 0 Å². The molecule has 0 aromatic carbocycles. The fraction of sp³-hybridized carbons (Fsp3) is 0.667. The fourth-order valence-electron chi connectivity index (χ4n) is 1.42. The Morgan fingerprint density at radius 2 is 1.27 bits per heavy atom. The Balaban J connectivity index is 2.96. The summed E-state index contributed by atoms with van der Waals surface area (Å²) in [6.45, 7) is 0. The predicted molar refractivity (Wildman–Crippen MR) is 57.2 cm³/mol. The molecule has 0 aromatic rings. The van der Waals surface area contributed by atoms with Crippen LogP contribution in [0.3, 0.4) is 0 Å². The Morgan fingerprint density at radius 1 is 0.800 bits per heavy atom. The summed E-state index contributed by atoms with van der Waals surface area (Å²) in [5.41, 5.74) is 2.08. The van der Waals surface area contributed by atoms with E-state index in [4.69, 9.17) is 14.5 Å². The minimum atomic E-state index is 0.604. The molecule has 0 aromatic heterocycles. The molecule has 0 radical (unpaired) electrons. The smallest absolute Gasteiger partial charge is 0.152 e. The third kappa shape index (κ3) is 2.93. The second-order valence-electron chi connectivity index (χ2n) is 2.92. The Morgan fingerprint density at radius 3 is 1.67 bits per heavy atom. The first kappa shape index (κ1) is 11.5. The lowest BCUT2D eigenvalue weighted by atomic mass is 9.94. The zero-order valence-corrected chi connectivity index (χ0v) is 9.19. The first-order chi connectivity index (χ1) is 7.33. The Bertz CT molecular complexity index is 273. The van der Waals surface area contributed by atoms with E-state index in [9.17, 15) is 0 Å². The first-order valence-electron chi connectivity index (χ1n) is 4.65. The van der Waals surface area contributed by atoms with Gasteiger partial charge in [-0.25, -0.2) is 0 Å². The standard InChI is InChI=1S/C9H15N3O3/c1-13-10-7-5-4-6-8(11-14-2)9(7)12-15-3/h4-6H2,1-3H3/b10-7-,11-8+,12-9?. The van der Waals surface area contributed by atoms with Crippen LogP contribution >= 0.6 is 0 Å². The molecule has 0 aliphatic heterocycles. The molecule has 0 spiro atoms. The molecule has 0 bridgehead atoms. The summed E-state index contributed by atoms with van der Waals surface area (Å²) in [7, 11) is 4.48. The minimum Gasteiger partial charge on any atom is -0.399 e. The van der Waals surface area contributed by atoms with E-state index in [0.717, 1.165) is 30.7 Å². The van der Waals surface area contributed by atoms with Crippen LogP contribution in [0.25, 0.3) is 0 Å². The van der Waals surface area contributed by atoms with E-state index in [1.807, 2.05) is 0 Å². The summed E-state index contributed by atoms with van der Waals surface area (Å²) in [6.07, 6.45) is 2.56. The molecule has 0 amide bonds. The van der Waals surface area contributed by atoms with Gasteiger partial charge in [0, 0.05) is 0 Å². The molecule has 0 N–H and O–H groups in total. The Hall–Kier alpha value is -1.59. The molecule has 6 nitrogen and oxygen atoms in total. The summed E-state index contributed by atoms with van der Waals surface area (Å²) in [5.74, 6) is 0. The van der Waals surface area contributed by atoms with Crippen molar-refractivity contribution in [3.8, 4) is 0 Å². The maximum atomic E-state index is 4.75. The molecule has 1 fully saturated rings. The van der Waals surface area contributed by atoms with E-state index in [0.29, 0.717) is 5.71 Å². The van der Waals surface area contributed by atoms with Crippen LogP contribution in [0.2, 0.25) is 0 Å². The number of hydrogen-bond donors (Lipinski definition) is 0. The molecule has 0 atom stereocenters. The maximum absolute atomic E-state index is 4.75. The molecule has 15 heavy (non-hydrogen) atoms. The van der Waals surface area contributed by atoms with Gasteiger partial charge in [-0.15, -0.1) is 0 Å². The third-order valence-corrected chi connectivity index (χ3v) is 1.96. The summed E-state index contributed by atoms with van der Waals surface area (Å²) >= 11 is 0. The molecule has 1 rings (SSSR count). The van der Waals surface area contributed by atoms with Crippen molar-refractivity contribution in [2.75, 3.05) is 21.3 Å². The number of oxime groups is 3. The maximum Gasteiger partial charge on any atom is 0.152 e. The molecule has 0 saturated heterocycles. The van der Waals surface area contributed by atoms with Crippen molar-refractivity contribution in [1.29, 1.82) is 0 Å². The van der Waals surface area contributed by atoms with Gasteiger partial charge in [-0.3, -0.25) is 0 Å². The summed E-state index contributed by atoms with van der Waals surface area (Å²) in [6, 6.07) is 0. The topological polar surface area (TPSA) is 64.8 Å². The van der Waals surface area contributed by atoms with Crippen LogP contribution in [0.1, 0.15) is 19.3 Å². The average molecular weight is 213 g/mol. The average Bonchev–Trinajstić information content (AvgIpc) is 2.23. The van der Waals surface area contributed by atoms with E-state index in [1.54, 1.807) is 0 Å². The summed E-state index contributed by atoms with van der Waals surface area (Å²) in [4.78, 5) is 14.2. The molecular formula is C9H15N3O3. The van der Waals surface area contributed by atoms with Gasteiger partial charge in [0.05, 0.1) is 0 Å². The highest BCUT2D eigenvalue weighted by molar-refractivity contribution is 6.69. The molecule has 0 heterocycles. The normalized spacial score (nSPS) is 24.6. The lowest BCUT2D eigenvalue weighted by Crippen LogP contribution is -2.29. The van der Waals surface area contributed by atoms with Crippen LogP contribution in [-0.4, -0.2) is 38.5 Å². The van der Waals surface area contributed by atoms with Gasteiger partial charge in [0.2, 0.25) is 0 Å². The largest absolute Gasteiger partial charge is 0.399 e. The molecule has 0 unspecified atom stereocenters. The molecule has 1 aliphatic carbocycles. The van der Waals surface area contributed by atoms with Crippen molar-refractivity contribution in [3.05, 3.63) is 0 Å². The Kier molecular flexibility index (Phi) is 4.59. The van der Waals surface area contributed by atoms with Gasteiger partial charge < -0.3 is 14.5 Å². The van der Waals surface area contributed by atoms with E-state index in [-0.39, 0.29) is 0 Å². The van der Waals surface area contributed by atoms with Crippen LogP contribution in [0.4, 0.5) is 0 Å². The number of nitrogens with zero attached hydrogens (tertiary/aromatic N) is 3. The van der Waals surface area contributed by atoms with Gasteiger partial charge >= 0.3 is 0 Å². The van der Waals surface area contributed by atoms with Crippen LogP contribution in [0, 0.1) is 0 Å². The highest BCUT2D eigenvalue weighted by atomic mass is 16.6. The lowest BCUT2D eigenvalue weighted by molar-refractivity contribution is 0.206. The van der Waals surface area contributed by atoms with Crippen LogP contribution < -0.4 is 0 Å². The fourth-order valence-corrected chi connectivity index (χ4v) is 1.42. The predicted octanol–water partition coefficient (Wildman–Crippen LogP) is 1.18. The van der Waals surface area contributed by atoms with Gasteiger partial charge in [0.1, 0.15) is 32.8 Å². The quantitative estimate of drug-likeness (QED) is 0.661. The van der Waals surface area contributed by atoms with Crippen molar-refractivity contribution in [2.24, 2.45) is 15.5 Å². The zero-order valence-electron chi connectivity index (χ0n) is 9.19. The van der Waals surface area contributed by atoms with Crippen LogP contribution in [0.15, 0.2) is 15.5 Å². The van der Waals surface area contributed by atoms with Crippen LogP contribution in [-0.2, 0) is 14.5 Å². The SMILES string of the molecule is CON=C1/C(=N\OC)CCC/C1=N\OC. The van der Waals surface area contributed by atoms with Crippen LogP contribution in [0.5, 0.6) is 0 Å². The van der Waals surface area contributed by atoms with Crippen molar-refractivity contribution in [3.63, 3.8) is 0 Å². The Labute approximate surface area is 88.5 Å². The lowest BCUT2D eigenvalue weighted by Gasteiger charge is -2.15. The van der Waals surface area contributed by atoms with Crippen molar-refractivity contribution in [2.45, 2.75) is 19.3 Å². The number of rotatable bonds is 3. The minimum absolute atomic E-state index is 0.604. The monoisotopic (exact) mass is 213 g/mol. The first-order valence-corrected chi connectivity index (χ1v) is 4.65. The molecule has 6 heteroatoms. The zero-order chi connectivity index (χ0) is 11.1. The molecular weight excluding hydrogens is 198 g/mol. The summed E-state index contributed by atoms with van der Waals surface area (Å²) < 4.78 is 0. The van der Waals surface area contributed by atoms with Gasteiger partial charge in [0.25, 0.3) is 0 Å². The van der Waals surface area contributed by atoms with E-state index >= 15 is 0 Å². The van der Waals surface area contributed by atoms with Gasteiger partial charge in [-0.2, -0.15) is 0 Å². The van der Waals surface area contributed by atoms with Gasteiger partial charge in [0.15, 0.2) is 5.71 Å². The third-order valence-electron chi connectivity index (χ3n) is 1.96. The van der Waals surface area contributed by atoms with E-state index in [1.165, 1.54) is 21.3 Å². The second kappa shape index (κ2) is 6.00. The second-order valence-corrected chi connectivity index (χ2v) is 2.92. The molecule has 84 valence electrons. The van der Waals surface area contributed by atoms with Crippen molar-refractivity contribution < 1.29 is 14.5 Å². The van der Waals surface area contributed by atoms with Gasteiger partial charge in [-0.1, -0.05) is 15.5 Å². The van der Waals surface area contributed by atoms with Gasteiger partial charge in [-0.05, 0) is 19.3 Å². The summed E-state index contributed by atoms with van der Waals surface area (Å²) in [5, 5.41) is 11.7. The van der Waals surface area contributed by atoms with E-state index in [2.05, 4.69) is 15.5 Å². The highest BCUT2D eigenvalue weighted by Crippen LogP contribution is 2.12. The highest BCUT2D eigenvalue weighted by Gasteiger charge is 2.23. The molecule has 1 saturated carbocycles. The number of hydrogen-bond acceptors (Lipinski definition) is 6. The molecule has 1 aliphatic rings. The van der Waals surface area contributed by atoms with Crippen molar-refractivity contribution >= 4 is 17.1 Å². The van der Waals surface area contributed by atoms with Crippen molar-refractivity contribution in [1.82, 2.24) is 0 Å².